The second kappa shape index (κ2) is 8.13. The van der Waals surface area contributed by atoms with E-state index in [2.05, 4.69) is 35.1 Å². The summed E-state index contributed by atoms with van der Waals surface area (Å²) in [5.41, 5.74) is 4.11. The molecular formula is C23H23N3O2. The van der Waals surface area contributed by atoms with Gasteiger partial charge in [-0.25, -0.2) is 4.98 Å². The van der Waals surface area contributed by atoms with Crippen molar-refractivity contribution in [3.63, 3.8) is 0 Å². The number of fused-ring (bicyclic) bond motifs is 1. The molecule has 1 aliphatic rings. The van der Waals surface area contributed by atoms with Gasteiger partial charge in [0.25, 0.3) is 5.91 Å². The Bertz CT molecular complexity index is 979. The summed E-state index contributed by atoms with van der Waals surface area (Å²) in [6.07, 6.45) is 8.32. The van der Waals surface area contributed by atoms with Crippen LogP contribution in [0.5, 0.6) is 5.75 Å². The number of rotatable bonds is 6. The van der Waals surface area contributed by atoms with Gasteiger partial charge < -0.3 is 14.6 Å². The minimum atomic E-state index is -0.121. The van der Waals surface area contributed by atoms with Crippen molar-refractivity contribution in [2.75, 3.05) is 6.61 Å². The van der Waals surface area contributed by atoms with Crippen molar-refractivity contribution in [1.82, 2.24) is 14.9 Å². The maximum atomic E-state index is 12.5. The fraction of sp³-hybridized carbons (Fsp3) is 0.217. The van der Waals surface area contributed by atoms with Crippen molar-refractivity contribution in [3.8, 4) is 5.75 Å². The summed E-state index contributed by atoms with van der Waals surface area (Å²) in [6.45, 7) is 4.08. The van der Waals surface area contributed by atoms with Gasteiger partial charge in [0, 0.05) is 18.0 Å². The number of aryl methyl sites for hydroxylation is 1. The first-order valence-electron chi connectivity index (χ1n) is 9.49. The summed E-state index contributed by atoms with van der Waals surface area (Å²) in [5.74, 6) is 0.505. The summed E-state index contributed by atoms with van der Waals surface area (Å²) in [7, 11) is 0. The number of para-hydroxylation sites is 1. The number of amides is 1. The van der Waals surface area contributed by atoms with Crippen LogP contribution < -0.4 is 10.1 Å². The quantitative estimate of drug-likeness (QED) is 0.711. The predicted molar refractivity (Wildman–Crippen MR) is 109 cm³/mol. The Morgan fingerprint density at radius 2 is 2.04 bits per heavy atom. The van der Waals surface area contributed by atoms with Crippen molar-refractivity contribution in [2.24, 2.45) is 0 Å². The molecule has 28 heavy (non-hydrogen) atoms. The number of imidazole rings is 1. The zero-order valence-electron chi connectivity index (χ0n) is 15.7. The number of carbonyl (C=O) groups excluding carboxylic acids is 1. The Kier molecular flexibility index (Phi) is 5.24. The zero-order chi connectivity index (χ0) is 19.3. The van der Waals surface area contributed by atoms with E-state index in [0.717, 1.165) is 30.5 Å². The third kappa shape index (κ3) is 3.83. The molecule has 0 fully saturated rings. The zero-order valence-corrected chi connectivity index (χ0v) is 15.7. The van der Waals surface area contributed by atoms with Gasteiger partial charge in [-0.3, -0.25) is 4.79 Å². The smallest absolute Gasteiger partial charge is 0.258 e. The van der Waals surface area contributed by atoms with Gasteiger partial charge >= 0.3 is 0 Å². The third-order valence-electron chi connectivity index (χ3n) is 5.08. The van der Waals surface area contributed by atoms with Crippen LogP contribution in [0.1, 0.15) is 35.6 Å². The second-order valence-corrected chi connectivity index (χ2v) is 6.91. The summed E-state index contributed by atoms with van der Waals surface area (Å²) < 4.78 is 7.66. The molecule has 0 bridgehead atoms. The first kappa shape index (κ1) is 18.0. The van der Waals surface area contributed by atoms with Crippen molar-refractivity contribution in [1.29, 1.82) is 0 Å². The minimum absolute atomic E-state index is 0.0348. The number of hydrogen-bond donors (Lipinski definition) is 1. The predicted octanol–water partition coefficient (Wildman–Crippen LogP) is 3.97. The van der Waals surface area contributed by atoms with Gasteiger partial charge in [0.2, 0.25) is 0 Å². The van der Waals surface area contributed by atoms with Gasteiger partial charge in [0.05, 0.1) is 18.1 Å². The SMILES string of the molecule is C=C(c1ccccc1OCC(=O)NC1CCCc2ccccc21)n1ccnc1. The number of benzene rings is 2. The molecule has 1 aromatic heterocycles. The molecule has 0 spiro atoms. The molecule has 0 saturated heterocycles. The van der Waals surface area contributed by atoms with E-state index in [0.29, 0.717) is 5.75 Å². The van der Waals surface area contributed by atoms with Gasteiger partial charge in [0.15, 0.2) is 6.61 Å². The van der Waals surface area contributed by atoms with E-state index in [9.17, 15) is 4.79 Å². The molecule has 0 radical (unpaired) electrons. The largest absolute Gasteiger partial charge is 0.483 e. The van der Waals surface area contributed by atoms with Gasteiger partial charge in [0.1, 0.15) is 5.75 Å². The van der Waals surface area contributed by atoms with Crippen LogP contribution in [0.2, 0.25) is 0 Å². The molecule has 0 aliphatic heterocycles. The number of ether oxygens (including phenoxy) is 1. The summed E-state index contributed by atoms with van der Waals surface area (Å²) in [4.78, 5) is 16.6. The van der Waals surface area contributed by atoms with Crippen LogP contribution in [-0.2, 0) is 11.2 Å². The molecule has 1 atom stereocenters. The molecule has 1 unspecified atom stereocenters. The fourth-order valence-electron chi connectivity index (χ4n) is 3.67. The van der Waals surface area contributed by atoms with E-state index in [1.54, 1.807) is 12.5 Å². The van der Waals surface area contributed by atoms with Crippen molar-refractivity contribution in [3.05, 3.63) is 90.5 Å². The molecule has 1 N–H and O–H groups in total. The summed E-state index contributed by atoms with van der Waals surface area (Å²) >= 11 is 0. The van der Waals surface area contributed by atoms with E-state index in [1.165, 1.54) is 11.1 Å². The molecule has 2 aromatic carbocycles. The standard InChI is InChI=1S/C23H23N3O2/c1-17(26-14-13-24-16-26)19-9-4-5-12-22(19)28-15-23(27)25-21-11-6-8-18-7-2-3-10-20(18)21/h2-5,7,9-10,12-14,16,21H,1,6,8,11,15H2,(H,25,27). The molecule has 4 rings (SSSR count). The maximum Gasteiger partial charge on any atom is 0.258 e. The Labute approximate surface area is 164 Å². The molecule has 1 heterocycles. The van der Waals surface area contributed by atoms with E-state index >= 15 is 0 Å². The lowest BCUT2D eigenvalue weighted by Gasteiger charge is -2.26. The van der Waals surface area contributed by atoms with Gasteiger partial charge in [-0.05, 0) is 42.5 Å². The first-order chi connectivity index (χ1) is 13.7. The van der Waals surface area contributed by atoms with Crippen molar-refractivity contribution >= 4 is 11.6 Å². The summed E-state index contributed by atoms with van der Waals surface area (Å²) in [6, 6.07) is 15.9. The highest BCUT2D eigenvalue weighted by molar-refractivity contribution is 5.78. The van der Waals surface area contributed by atoms with Crippen molar-refractivity contribution in [2.45, 2.75) is 25.3 Å². The molecule has 3 aromatic rings. The average molecular weight is 373 g/mol. The normalized spacial score (nSPS) is 15.5. The average Bonchev–Trinajstić information content (AvgIpc) is 3.27. The molecule has 142 valence electrons. The number of carbonyl (C=O) groups is 1. The Morgan fingerprint density at radius 1 is 1.21 bits per heavy atom. The van der Waals surface area contributed by atoms with Crippen LogP contribution in [0.15, 0.2) is 73.8 Å². The molecule has 5 heteroatoms. The van der Waals surface area contributed by atoms with Gasteiger partial charge in [-0.2, -0.15) is 0 Å². The molecule has 5 nitrogen and oxygen atoms in total. The second-order valence-electron chi connectivity index (χ2n) is 6.91. The number of nitrogens with zero attached hydrogens (tertiary/aromatic N) is 2. The minimum Gasteiger partial charge on any atom is -0.483 e. The lowest BCUT2D eigenvalue weighted by Crippen LogP contribution is -2.34. The number of hydrogen-bond acceptors (Lipinski definition) is 3. The highest BCUT2D eigenvalue weighted by Crippen LogP contribution is 2.29. The van der Waals surface area contributed by atoms with Crippen LogP contribution in [-0.4, -0.2) is 22.1 Å². The molecule has 0 saturated carbocycles. The Balaban J connectivity index is 1.42. The number of nitrogens with one attached hydrogen (secondary N) is 1. The Hall–Kier alpha value is -3.34. The molecule has 1 aliphatic carbocycles. The highest BCUT2D eigenvalue weighted by Gasteiger charge is 2.21. The third-order valence-corrected chi connectivity index (χ3v) is 5.08. The van der Waals surface area contributed by atoms with Crippen LogP contribution in [0.3, 0.4) is 0 Å². The lowest BCUT2D eigenvalue weighted by atomic mass is 9.88. The van der Waals surface area contributed by atoms with Crippen molar-refractivity contribution < 1.29 is 9.53 Å². The van der Waals surface area contributed by atoms with Gasteiger partial charge in [-0.15, -0.1) is 0 Å². The van der Waals surface area contributed by atoms with Gasteiger partial charge in [-0.1, -0.05) is 43.0 Å². The van der Waals surface area contributed by atoms with Crippen LogP contribution in [0.25, 0.3) is 5.70 Å². The molecular weight excluding hydrogens is 350 g/mol. The van der Waals surface area contributed by atoms with Crippen LogP contribution >= 0.6 is 0 Å². The maximum absolute atomic E-state index is 12.5. The van der Waals surface area contributed by atoms with Crippen LogP contribution in [0.4, 0.5) is 0 Å². The highest BCUT2D eigenvalue weighted by atomic mass is 16.5. The Morgan fingerprint density at radius 3 is 2.89 bits per heavy atom. The van der Waals surface area contributed by atoms with E-state index in [-0.39, 0.29) is 18.6 Å². The lowest BCUT2D eigenvalue weighted by molar-refractivity contribution is -0.123. The van der Waals surface area contributed by atoms with E-state index in [1.807, 2.05) is 41.1 Å². The fourth-order valence-corrected chi connectivity index (χ4v) is 3.67. The number of aromatic nitrogens is 2. The monoisotopic (exact) mass is 373 g/mol. The first-order valence-corrected chi connectivity index (χ1v) is 9.49. The van der Waals surface area contributed by atoms with E-state index in [4.69, 9.17) is 4.74 Å². The topological polar surface area (TPSA) is 56.1 Å². The van der Waals surface area contributed by atoms with Crippen LogP contribution in [0, 0.1) is 0 Å². The summed E-state index contributed by atoms with van der Waals surface area (Å²) in [5, 5.41) is 3.12. The van der Waals surface area contributed by atoms with E-state index < -0.39 is 0 Å². The molecule has 1 amide bonds.